The average molecular weight is 371 g/mol. The lowest BCUT2D eigenvalue weighted by Crippen LogP contribution is -2.45. The van der Waals surface area contributed by atoms with Gasteiger partial charge >= 0.3 is 6.03 Å². The SMILES string of the molecule is CN(Cc1nnc(C2CC2)n1C)C(=O)NC[C@H](Cc1ccccc1)N(C)C. The van der Waals surface area contributed by atoms with E-state index in [0.717, 1.165) is 18.1 Å². The second kappa shape index (κ2) is 8.52. The highest BCUT2D eigenvalue weighted by atomic mass is 16.2. The van der Waals surface area contributed by atoms with Gasteiger partial charge in [0.05, 0.1) is 6.54 Å². The molecule has 2 amide bonds. The van der Waals surface area contributed by atoms with Crippen molar-refractivity contribution in [3.05, 3.63) is 47.5 Å². The molecule has 0 saturated heterocycles. The van der Waals surface area contributed by atoms with Crippen molar-refractivity contribution in [3.63, 3.8) is 0 Å². The number of hydrogen-bond acceptors (Lipinski definition) is 4. The summed E-state index contributed by atoms with van der Waals surface area (Å²) >= 11 is 0. The van der Waals surface area contributed by atoms with E-state index in [2.05, 4.69) is 32.5 Å². The Hall–Kier alpha value is -2.41. The van der Waals surface area contributed by atoms with E-state index in [9.17, 15) is 4.79 Å². The molecule has 0 bridgehead atoms. The van der Waals surface area contributed by atoms with E-state index in [1.165, 1.54) is 18.4 Å². The van der Waals surface area contributed by atoms with Crippen LogP contribution in [0.2, 0.25) is 0 Å². The van der Waals surface area contributed by atoms with E-state index >= 15 is 0 Å². The molecule has 7 nitrogen and oxygen atoms in total. The molecular weight excluding hydrogens is 340 g/mol. The maximum atomic E-state index is 12.5. The Morgan fingerprint density at radius 2 is 1.93 bits per heavy atom. The summed E-state index contributed by atoms with van der Waals surface area (Å²) in [5.74, 6) is 2.41. The molecule has 1 aliphatic rings. The minimum Gasteiger partial charge on any atom is -0.336 e. The summed E-state index contributed by atoms with van der Waals surface area (Å²) in [5, 5.41) is 11.6. The van der Waals surface area contributed by atoms with Crippen LogP contribution in [0.15, 0.2) is 30.3 Å². The van der Waals surface area contributed by atoms with Crippen LogP contribution in [-0.2, 0) is 20.0 Å². The van der Waals surface area contributed by atoms with Gasteiger partial charge in [-0.3, -0.25) is 0 Å². The first-order chi connectivity index (χ1) is 13.0. The number of amides is 2. The van der Waals surface area contributed by atoms with Crippen molar-refractivity contribution in [1.29, 1.82) is 0 Å². The lowest BCUT2D eigenvalue weighted by molar-refractivity contribution is 0.199. The zero-order chi connectivity index (χ0) is 19.4. The molecule has 27 heavy (non-hydrogen) atoms. The molecule has 1 heterocycles. The van der Waals surface area contributed by atoms with E-state index in [0.29, 0.717) is 19.0 Å². The van der Waals surface area contributed by atoms with Crippen molar-refractivity contribution in [1.82, 2.24) is 29.9 Å². The number of rotatable bonds is 8. The molecule has 0 radical (unpaired) electrons. The van der Waals surface area contributed by atoms with Crippen LogP contribution in [0.5, 0.6) is 0 Å². The number of benzene rings is 1. The van der Waals surface area contributed by atoms with Crippen LogP contribution >= 0.6 is 0 Å². The third kappa shape index (κ3) is 5.07. The van der Waals surface area contributed by atoms with Gasteiger partial charge in [-0.1, -0.05) is 30.3 Å². The predicted molar refractivity (Wildman–Crippen MR) is 105 cm³/mol. The number of urea groups is 1. The second-order valence-electron chi connectivity index (χ2n) is 7.66. The minimum atomic E-state index is -0.0918. The Morgan fingerprint density at radius 1 is 1.22 bits per heavy atom. The Morgan fingerprint density at radius 3 is 2.56 bits per heavy atom. The summed E-state index contributed by atoms with van der Waals surface area (Å²) in [6, 6.07) is 10.5. The van der Waals surface area contributed by atoms with Gasteiger partial charge in [0.25, 0.3) is 0 Å². The molecule has 1 aliphatic carbocycles. The monoisotopic (exact) mass is 370 g/mol. The van der Waals surface area contributed by atoms with Crippen molar-refractivity contribution in [2.75, 3.05) is 27.7 Å². The fourth-order valence-corrected chi connectivity index (χ4v) is 3.16. The van der Waals surface area contributed by atoms with Crippen LogP contribution in [0, 0.1) is 0 Å². The molecule has 1 aromatic heterocycles. The maximum Gasteiger partial charge on any atom is 0.317 e. The van der Waals surface area contributed by atoms with Crippen molar-refractivity contribution in [3.8, 4) is 0 Å². The first-order valence-corrected chi connectivity index (χ1v) is 9.53. The third-order valence-electron chi connectivity index (χ3n) is 5.20. The lowest BCUT2D eigenvalue weighted by atomic mass is 10.1. The van der Waals surface area contributed by atoms with Gasteiger partial charge in [-0.2, -0.15) is 0 Å². The van der Waals surface area contributed by atoms with E-state index in [1.54, 1.807) is 11.9 Å². The van der Waals surface area contributed by atoms with Gasteiger partial charge in [0.15, 0.2) is 5.82 Å². The molecule has 1 aromatic carbocycles. The molecule has 1 atom stereocenters. The predicted octanol–water partition coefficient (Wildman–Crippen LogP) is 2.01. The van der Waals surface area contributed by atoms with E-state index in [4.69, 9.17) is 0 Å². The number of nitrogens with one attached hydrogen (secondary N) is 1. The average Bonchev–Trinajstić information content (AvgIpc) is 3.43. The zero-order valence-electron chi connectivity index (χ0n) is 16.7. The highest BCUT2D eigenvalue weighted by molar-refractivity contribution is 5.73. The van der Waals surface area contributed by atoms with Gasteiger partial charge in [0, 0.05) is 32.6 Å². The second-order valence-corrected chi connectivity index (χ2v) is 7.66. The van der Waals surface area contributed by atoms with Gasteiger partial charge < -0.3 is 19.7 Å². The van der Waals surface area contributed by atoms with Gasteiger partial charge in [-0.05, 0) is 38.9 Å². The largest absolute Gasteiger partial charge is 0.336 e. The van der Waals surface area contributed by atoms with Crippen molar-refractivity contribution in [2.24, 2.45) is 7.05 Å². The summed E-state index contributed by atoms with van der Waals surface area (Å²) in [6.07, 6.45) is 3.27. The van der Waals surface area contributed by atoms with Crippen molar-refractivity contribution < 1.29 is 4.79 Å². The molecule has 146 valence electrons. The van der Waals surface area contributed by atoms with E-state index in [1.807, 2.05) is 43.9 Å². The van der Waals surface area contributed by atoms with Crippen LogP contribution in [0.1, 0.15) is 36.0 Å². The number of aromatic nitrogens is 3. The van der Waals surface area contributed by atoms with Gasteiger partial charge in [-0.25, -0.2) is 4.79 Å². The molecule has 0 unspecified atom stereocenters. The molecule has 1 fully saturated rings. The van der Waals surface area contributed by atoms with Gasteiger partial charge in [0.1, 0.15) is 5.82 Å². The molecule has 1 saturated carbocycles. The Balaban J connectivity index is 1.52. The van der Waals surface area contributed by atoms with E-state index < -0.39 is 0 Å². The number of likely N-dealkylation sites (N-methyl/N-ethyl adjacent to an activating group) is 1. The number of carbonyl (C=O) groups excluding carboxylic acids is 1. The summed E-state index contributed by atoms with van der Waals surface area (Å²) < 4.78 is 2.03. The van der Waals surface area contributed by atoms with Crippen molar-refractivity contribution in [2.45, 2.75) is 37.8 Å². The van der Waals surface area contributed by atoms with Gasteiger partial charge in [0.2, 0.25) is 0 Å². The van der Waals surface area contributed by atoms with Crippen LogP contribution in [-0.4, -0.2) is 64.3 Å². The summed E-state index contributed by atoms with van der Waals surface area (Å²) in [5.41, 5.74) is 1.27. The van der Waals surface area contributed by atoms with Gasteiger partial charge in [-0.15, -0.1) is 10.2 Å². The maximum absolute atomic E-state index is 12.5. The topological polar surface area (TPSA) is 66.3 Å². The highest BCUT2D eigenvalue weighted by Crippen LogP contribution is 2.38. The summed E-state index contributed by atoms with van der Waals surface area (Å²) in [4.78, 5) is 16.3. The number of hydrogen-bond donors (Lipinski definition) is 1. The molecular formula is C20H30N6O. The lowest BCUT2D eigenvalue weighted by Gasteiger charge is -2.26. The molecule has 0 spiro atoms. The number of carbonyl (C=O) groups is 1. The first-order valence-electron chi connectivity index (χ1n) is 9.53. The molecule has 0 aliphatic heterocycles. The van der Waals surface area contributed by atoms with Crippen LogP contribution in [0.3, 0.4) is 0 Å². The minimum absolute atomic E-state index is 0.0918. The van der Waals surface area contributed by atoms with E-state index in [-0.39, 0.29) is 12.1 Å². The van der Waals surface area contributed by atoms with Crippen LogP contribution in [0.4, 0.5) is 4.79 Å². The Kier molecular flexibility index (Phi) is 6.11. The Bertz CT molecular complexity index is 753. The number of nitrogens with zero attached hydrogens (tertiary/aromatic N) is 5. The van der Waals surface area contributed by atoms with Crippen molar-refractivity contribution >= 4 is 6.03 Å². The molecule has 1 N–H and O–H groups in total. The molecule has 3 rings (SSSR count). The van der Waals surface area contributed by atoms with Crippen LogP contribution in [0.25, 0.3) is 0 Å². The molecule has 2 aromatic rings. The first kappa shape index (κ1) is 19.4. The fraction of sp³-hybridized carbons (Fsp3) is 0.550. The smallest absolute Gasteiger partial charge is 0.317 e. The summed E-state index contributed by atoms with van der Waals surface area (Å²) in [7, 11) is 7.87. The third-order valence-corrected chi connectivity index (χ3v) is 5.20. The standard InChI is InChI=1S/C20H30N6O/c1-24(2)17(12-15-8-6-5-7-9-15)13-21-20(27)25(3)14-18-22-23-19(26(18)4)16-10-11-16/h5-9,16-17H,10-14H2,1-4H3,(H,21,27)/t17-/m0/s1. The normalized spacial score (nSPS) is 15.0. The fourth-order valence-electron chi connectivity index (χ4n) is 3.16. The summed E-state index contributed by atoms with van der Waals surface area (Å²) in [6.45, 7) is 1.05. The van der Waals surface area contributed by atoms with Crippen LogP contribution < -0.4 is 5.32 Å². The zero-order valence-corrected chi connectivity index (χ0v) is 16.7. The quantitative estimate of drug-likeness (QED) is 0.772. The highest BCUT2D eigenvalue weighted by Gasteiger charge is 2.29. The Labute approximate surface area is 161 Å². The molecule has 7 heteroatoms.